The zero-order valence-electron chi connectivity index (χ0n) is 17.4. The molecule has 31 heavy (non-hydrogen) atoms. The normalized spacial score (nSPS) is 20.7. The monoisotopic (exact) mass is 434 g/mol. The Balaban J connectivity index is 1.69. The van der Waals surface area contributed by atoms with E-state index in [1.165, 1.54) is 4.90 Å². The maximum atomic E-state index is 13.5. The molecule has 0 spiro atoms. The van der Waals surface area contributed by atoms with Crippen molar-refractivity contribution in [3.63, 3.8) is 0 Å². The average molecular weight is 435 g/mol. The summed E-state index contributed by atoms with van der Waals surface area (Å²) in [5.74, 6) is -0.116. The van der Waals surface area contributed by atoms with Gasteiger partial charge in [-0.15, -0.1) is 11.8 Å². The molecule has 5 nitrogen and oxygen atoms in total. The molecule has 0 radical (unpaired) electrons. The quantitative estimate of drug-likeness (QED) is 0.523. The van der Waals surface area contributed by atoms with E-state index in [1.54, 1.807) is 11.8 Å². The molecular weight excluding hydrogens is 408 g/mol. The van der Waals surface area contributed by atoms with Gasteiger partial charge in [0.25, 0.3) is 0 Å². The van der Waals surface area contributed by atoms with Gasteiger partial charge in [0.15, 0.2) is 6.10 Å². The van der Waals surface area contributed by atoms with Gasteiger partial charge in [0.1, 0.15) is 17.1 Å². The number of carbonyl (C=O) groups excluding carboxylic acids is 2. The van der Waals surface area contributed by atoms with Crippen LogP contribution in [0.2, 0.25) is 0 Å². The highest BCUT2D eigenvalue weighted by atomic mass is 32.2. The highest BCUT2D eigenvalue weighted by Gasteiger charge is 2.52. The van der Waals surface area contributed by atoms with Gasteiger partial charge in [-0.3, -0.25) is 9.69 Å². The molecule has 0 aliphatic carbocycles. The number of esters is 1. The molecule has 2 aromatic rings. The molecule has 1 fully saturated rings. The summed E-state index contributed by atoms with van der Waals surface area (Å²) < 4.78 is 6.06. The third-order valence-electron chi connectivity index (χ3n) is 5.44. The lowest BCUT2D eigenvalue weighted by atomic mass is 10.0. The number of benzene rings is 2. The molecule has 2 aliphatic heterocycles. The number of carbonyl (C=O) groups is 2. The first-order valence-corrected chi connectivity index (χ1v) is 11.6. The van der Waals surface area contributed by atoms with Gasteiger partial charge in [-0.1, -0.05) is 86.2 Å². The number of hydrogen-bond donors (Lipinski definition) is 1. The molecule has 160 valence electrons. The number of β-lactam (4-membered cyclic amide) rings is 1. The van der Waals surface area contributed by atoms with Crippen LogP contribution in [0.5, 0.6) is 0 Å². The second-order valence-corrected chi connectivity index (χ2v) is 8.71. The molecule has 2 aromatic carbocycles. The van der Waals surface area contributed by atoms with Crippen molar-refractivity contribution >= 4 is 23.6 Å². The first-order valence-electron chi connectivity index (χ1n) is 10.5. The van der Waals surface area contributed by atoms with E-state index in [4.69, 9.17) is 10.5 Å². The van der Waals surface area contributed by atoms with E-state index in [9.17, 15) is 9.59 Å². The van der Waals surface area contributed by atoms with E-state index in [1.807, 2.05) is 72.8 Å². The molecule has 2 N–H and O–H groups in total. The van der Waals surface area contributed by atoms with Gasteiger partial charge in [-0.2, -0.15) is 0 Å². The Labute approximate surface area is 187 Å². The van der Waals surface area contributed by atoms with Crippen molar-refractivity contribution in [3.05, 3.63) is 95.2 Å². The van der Waals surface area contributed by atoms with E-state index in [-0.39, 0.29) is 11.3 Å². The summed E-state index contributed by atoms with van der Waals surface area (Å²) in [6, 6.07) is 18.7. The molecule has 1 saturated heterocycles. The van der Waals surface area contributed by atoms with Crippen LogP contribution in [-0.4, -0.2) is 33.9 Å². The molecule has 2 aliphatic rings. The van der Waals surface area contributed by atoms with E-state index in [0.717, 1.165) is 29.5 Å². The molecular formula is C25H26N2O3S. The third kappa shape index (κ3) is 4.31. The number of fused-ring (bicyclic) bond motifs is 1. The van der Waals surface area contributed by atoms with Crippen molar-refractivity contribution in [3.8, 4) is 0 Å². The Morgan fingerprint density at radius 3 is 2.35 bits per heavy atom. The molecule has 2 atom stereocenters. The highest BCUT2D eigenvalue weighted by molar-refractivity contribution is 8.00. The summed E-state index contributed by atoms with van der Waals surface area (Å²) >= 11 is 1.59. The zero-order valence-corrected chi connectivity index (χ0v) is 18.3. The van der Waals surface area contributed by atoms with Gasteiger partial charge in [0.2, 0.25) is 5.91 Å². The van der Waals surface area contributed by atoms with Crippen LogP contribution in [0.25, 0.3) is 0 Å². The Morgan fingerprint density at radius 1 is 1.16 bits per heavy atom. The maximum absolute atomic E-state index is 13.5. The minimum Gasteiger partial charge on any atom is -0.448 e. The van der Waals surface area contributed by atoms with Gasteiger partial charge >= 0.3 is 5.97 Å². The number of amides is 1. The number of thioether (sulfide) groups is 1. The van der Waals surface area contributed by atoms with Gasteiger partial charge in [0, 0.05) is 5.75 Å². The van der Waals surface area contributed by atoms with Gasteiger partial charge < -0.3 is 10.5 Å². The highest BCUT2D eigenvalue weighted by Crippen LogP contribution is 2.41. The predicted octanol–water partition coefficient (Wildman–Crippen LogP) is 4.17. The second kappa shape index (κ2) is 9.54. The molecule has 0 bridgehead atoms. The van der Waals surface area contributed by atoms with Crippen molar-refractivity contribution in [1.29, 1.82) is 0 Å². The number of hydrogen-bond acceptors (Lipinski definition) is 5. The summed E-state index contributed by atoms with van der Waals surface area (Å²) in [5, 5.41) is -0.217. The van der Waals surface area contributed by atoms with E-state index in [2.05, 4.69) is 6.92 Å². The first-order chi connectivity index (χ1) is 15.1. The Kier molecular flexibility index (Phi) is 6.59. The van der Waals surface area contributed by atoms with Gasteiger partial charge in [0.05, 0.1) is 0 Å². The average Bonchev–Trinajstić information content (AvgIpc) is 2.82. The predicted molar refractivity (Wildman–Crippen MR) is 123 cm³/mol. The van der Waals surface area contributed by atoms with Crippen molar-refractivity contribution in [2.45, 2.75) is 37.3 Å². The lowest BCUT2D eigenvalue weighted by Gasteiger charge is -2.48. The second-order valence-electron chi connectivity index (χ2n) is 7.61. The summed E-state index contributed by atoms with van der Waals surface area (Å²) in [6.07, 6.45) is 5.34. The van der Waals surface area contributed by atoms with E-state index < -0.39 is 18.1 Å². The van der Waals surface area contributed by atoms with Crippen LogP contribution in [0.15, 0.2) is 84.1 Å². The largest absolute Gasteiger partial charge is 0.448 e. The summed E-state index contributed by atoms with van der Waals surface area (Å²) in [4.78, 5) is 27.5. The minimum atomic E-state index is -0.576. The summed E-state index contributed by atoms with van der Waals surface area (Å²) in [7, 11) is 0. The molecule has 1 amide bonds. The molecule has 4 rings (SSSR count). The fraction of sp³-hybridized carbons (Fsp3) is 0.280. The Hall–Kier alpha value is -2.83. The fourth-order valence-electron chi connectivity index (χ4n) is 3.80. The van der Waals surface area contributed by atoms with Gasteiger partial charge in [-0.05, 0) is 23.1 Å². The lowest BCUT2D eigenvalue weighted by molar-refractivity contribution is -0.153. The fourth-order valence-corrected chi connectivity index (χ4v) is 5.06. The minimum absolute atomic E-state index is 0.217. The van der Waals surface area contributed by atoms with Crippen molar-refractivity contribution in [2.75, 3.05) is 5.75 Å². The van der Waals surface area contributed by atoms with Crippen LogP contribution in [-0.2, 0) is 14.3 Å². The van der Waals surface area contributed by atoms with Crippen LogP contribution < -0.4 is 5.73 Å². The summed E-state index contributed by atoms with van der Waals surface area (Å²) in [5.41, 5.74) is 8.86. The SMILES string of the molecule is CCCC=CC1=C(C(=O)OC(c2ccccc2)c2ccccc2)N2C(=O)C(N)[C@H]2SC1. The van der Waals surface area contributed by atoms with Crippen LogP contribution in [0.4, 0.5) is 0 Å². The van der Waals surface area contributed by atoms with Crippen LogP contribution in [0, 0.1) is 0 Å². The number of nitrogens with two attached hydrogens (primary N) is 1. The standard InChI is InChI=1S/C25H26N2O3S/c1-2-3-6-15-19-16-31-24-20(26)23(28)27(24)21(19)25(29)30-22(17-11-7-4-8-12-17)18-13-9-5-10-14-18/h4-15,20,22,24H,2-3,16,26H2,1H3/t20?,24-/m1/s1. The third-order valence-corrected chi connectivity index (χ3v) is 6.76. The summed E-state index contributed by atoms with van der Waals surface area (Å²) in [6.45, 7) is 2.10. The molecule has 0 aromatic heterocycles. The van der Waals surface area contributed by atoms with E-state index >= 15 is 0 Å². The molecule has 1 unspecified atom stereocenters. The van der Waals surface area contributed by atoms with Crippen molar-refractivity contribution in [1.82, 2.24) is 4.90 Å². The molecule has 2 heterocycles. The maximum Gasteiger partial charge on any atom is 0.356 e. The van der Waals surface area contributed by atoms with Crippen LogP contribution in [0.1, 0.15) is 37.0 Å². The smallest absolute Gasteiger partial charge is 0.356 e. The van der Waals surface area contributed by atoms with Crippen LogP contribution >= 0.6 is 11.8 Å². The number of allylic oxidation sites excluding steroid dienone is 2. The Bertz CT molecular complexity index is 964. The van der Waals surface area contributed by atoms with Gasteiger partial charge in [-0.25, -0.2) is 4.79 Å². The van der Waals surface area contributed by atoms with E-state index in [0.29, 0.717) is 11.4 Å². The van der Waals surface area contributed by atoms with Crippen molar-refractivity contribution < 1.29 is 14.3 Å². The Morgan fingerprint density at radius 2 is 1.77 bits per heavy atom. The number of unbranched alkanes of at least 4 members (excludes halogenated alkanes) is 1. The number of rotatable bonds is 7. The number of ether oxygens (including phenoxy) is 1. The molecule has 0 saturated carbocycles. The zero-order chi connectivity index (χ0) is 21.8. The van der Waals surface area contributed by atoms with Crippen molar-refractivity contribution in [2.24, 2.45) is 5.73 Å². The topological polar surface area (TPSA) is 72.6 Å². The first kappa shape index (κ1) is 21.4. The lowest BCUT2D eigenvalue weighted by Crippen LogP contribution is -2.68. The van der Waals surface area contributed by atoms with Crippen LogP contribution in [0.3, 0.4) is 0 Å². The number of nitrogens with zero attached hydrogens (tertiary/aromatic N) is 1. The molecule has 6 heteroatoms.